The van der Waals surface area contributed by atoms with E-state index in [9.17, 15) is 5.11 Å². The molecule has 4 rings (SSSR count). The molecular weight excluding hydrogens is 258 g/mol. The van der Waals surface area contributed by atoms with E-state index in [2.05, 4.69) is 35.0 Å². The normalized spacial score (nSPS) is 23.4. The molecule has 0 saturated carbocycles. The molecule has 0 spiro atoms. The van der Waals surface area contributed by atoms with E-state index in [1.807, 2.05) is 49.4 Å². The second-order valence-corrected chi connectivity index (χ2v) is 5.81. The molecule has 0 radical (unpaired) electrons. The van der Waals surface area contributed by atoms with Crippen LogP contribution < -0.4 is 0 Å². The lowest BCUT2D eigenvalue weighted by Gasteiger charge is -2.41. The summed E-state index contributed by atoms with van der Waals surface area (Å²) in [7, 11) is 0. The molecule has 0 fully saturated rings. The third-order valence-electron chi connectivity index (χ3n) is 4.45. The zero-order valence-corrected chi connectivity index (χ0v) is 11.9. The number of hydrogen-bond acceptors (Lipinski definition) is 1. The van der Waals surface area contributed by atoms with Crippen LogP contribution in [0.4, 0.5) is 0 Å². The Hall–Kier alpha value is -2.32. The van der Waals surface area contributed by atoms with Crippen molar-refractivity contribution in [3.63, 3.8) is 0 Å². The van der Waals surface area contributed by atoms with Crippen LogP contribution in [-0.2, 0) is 5.60 Å². The van der Waals surface area contributed by atoms with Crippen molar-refractivity contribution in [1.82, 2.24) is 4.57 Å². The summed E-state index contributed by atoms with van der Waals surface area (Å²) in [5, 5.41) is 11.3. The molecule has 0 unspecified atom stereocenters. The Labute approximate surface area is 124 Å². The van der Waals surface area contributed by atoms with E-state index in [0.717, 1.165) is 22.4 Å². The minimum Gasteiger partial charge on any atom is -0.383 e. The van der Waals surface area contributed by atoms with E-state index in [0.29, 0.717) is 0 Å². The maximum Gasteiger partial charge on any atom is 0.112 e. The quantitative estimate of drug-likeness (QED) is 0.714. The Morgan fingerprint density at radius 3 is 2.43 bits per heavy atom. The molecule has 1 aliphatic rings. The molecule has 1 aromatic heterocycles. The van der Waals surface area contributed by atoms with Crippen LogP contribution in [0.1, 0.15) is 24.1 Å². The first-order chi connectivity index (χ1) is 10.2. The molecule has 0 amide bonds. The van der Waals surface area contributed by atoms with Crippen LogP contribution in [0.3, 0.4) is 0 Å². The number of benzene rings is 2. The van der Waals surface area contributed by atoms with Gasteiger partial charge in [0.2, 0.25) is 0 Å². The smallest absolute Gasteiger partial charge is 0.112 e. The molecule has 21 heavy (non-hydrogen) atoms. The van der Waals surface area contributed by atoms with Crippen molar-refractivity contribution in [1.29, 1.82) is 0 Å². The first-order valence-corrected chi connectivity index (χ1v) is 7.23. The van der Waals surface area contributed by atoms with Gasteiger partial charge in [-0.15, -0.1) is 0 Å². The number of hydrogen-bond donors (Lipinski definition) is 1. The third kappa shape index (κ3) is 1.69. The summed E-state index contributed by atoms with van der Waals surface area (Å²) in [6.07, 6.45) is 2.05. The summed E-state index contributed by atoms with van der Waals surface area (Å²) >= 11 is 0. The fourth-order valence-corrected chi connectivity index (χ4v) is 3.53. The molecule has 2 atom stereocenters. The minimum atomic E-state index is -0.941. The number of aromatic nitrogens is 1. The van der Waals surface area contributed by atoms with Crippen LogP contribution in [-0.4, -0.2) is 9.67 Å². The second kappa shape index (κ2) is 4.34. The van der Waals surface area contributed by atoms with Crippen LogP contribution in [0.15, 0.2) is 72.9 Å². The molecule has 3 aromatic rings. The summed E-state index contributed by atoms with van der Waals surface area (Å²) in [5.41, 5.74) is 3.44. The lowest BCUT2D eigenvalue weighted by atomic mass is 9.78. The predicted molar refractivity (Wildman–Crippen MR) is 84.0 cm³/mol. The highest BCUT2D eigenvalue weighted by Gasteiger charge is 2.42. The van der Waals surface area contributed by atoms with Crippen molar-refractivity contribution >= 4 is 0 Å². The molecule has 2 heteroatoms. The SMILES string of the molecule is C[C@@]1(O)c2ccccc2-c2cccn2[C@@H]1c1ccccc1. The number of nitrogens with zero attached hydrogens (tertiary/aromatic N) is 1. The summed E-state index contributed by atoms with van der Waals surface area (Å²) < 4.78 is 2.18. The van der Waals surface area contributed by atoms with Gasteiger partial charge in [-0.1, -0.05) is 54.6 Å². The van der Waals surface area contributed by atoms with E-state index < -0.39 is 5.60 Å². The van der Waals surface area contributed by atoms with Gasteiger partial charge < -0.3 is 9.67 Å². The van der Waals surface area contributed by atoms with Crippen molar-refractivity contribution in [3.05, 3.63) is 84.1 Å². The summed E-state index contributed by atoms with van der Waals surface area (Å²) in [6.45, 7) is 1.91. The van der Waals surface area contributed by atoms with Crippen molar-refractivity contribution in [2.75, 3.05) is 0 Å². The molecule has 2 heterocycles. The van der Waals surface area contributed by atoms with E-state index >= 15 is 0 Å². The molecule has 2 nitrogen and oxygen atoms in total. The van der Waals surface area contributed by atoms with E-state index in [1.165, 1.54) is 0 Å². The lowest BCUT2D eigenvalue weighted by molar-refractivity contribution is 0.0136. The Bertz CT molecular complexity index is 786. The zero-order valence-electron chi connectivity index (χ0n) is 11.9. The largest absolute Gasteiger partial charge is 0.383 e. The number of aliphatic hydroxyl groups is 1. The Balaban J connectivity index is 2.02. The number of fused-ring (bicyclic) bond motifs is 3. The van der Waals surface area contributed by atoms with Crippen LogP contribution in [0, 0.1) is 0 Å². The summed E-state index contributed by atoms with van der Waals surface area (Å²) in [4.78, 5) is 0. The van der Waals surface area contributed by atoms with Crippen molar-refractivity contribution < 1.29 is 5.11 Å². The highest BCUT2D eigenvalue weighted by molar-refractivity contribution is 5.69. The summed E-state index contributed by atoms with van der Waals surface area (Å²) in [5.74, 6) is 0. The monoisotopic (exact) mass is 275 g/mol. The van der Waals surface area contributed by atoms with Gasteiger partial charge in [0.05, 0.1) is 6.04 Å². The predicted octanol–water partition coefficient (Wildman–Crippen LogP) is 3.97. The summed E-state index contributed by atoms with van der Waals surface area (Å²) in [6, 6.07) is 22.4. The van der Waals surface area contributed by atoms with Gasteiger partial charge in [0, 0.05) is 17.5 Å². The molecule has 0 aliphatic carbocycles. The Kier molecular flexibility index (Phi) is 2.57. The third-order valence-corrected chi connectivity index (χ3v) is 4.45. The van der Waals surface area contributed by atoms with E-state index in [-0.39, 0.29) is 6.04 Å². The molecule has 104 valence electrons. The fourth-order valence-electron chi connectivity index (χ4n) is 3.53. The van der Waals surface area contributed by atoms with Crippen LogP contribution in [0.25, 0.3) is 11.3 Å². The van der Waals surface area contributed by atoms with Crippen molar-refractivity contribution in [2.24, 2.45) is 0 Å². The standard InChI is InChI=1S/C19H17NO/c1-19(21)16-11-6-5-10-15(16)17-12-7-13-20(17)18(19)14-8-3-2-4-9-14/h2-13,18,21H,1H3/t18-,19-/m1/s1. The molecule has 2 aromatic carbocycles. The van der Waals surface area contributed by atoms with E-state index in [1.54, 1.807) is 0 Å². The minimum absolute atomic E-state index is 0.112. The molecule has 1 aliphatic heterocycles. The average molecular weight is 275 g/mol. The van der Waals surface area contributed by atoms with Crippen LogP contribution in [0.5, 0.6) is 0 Å². The molecule has 0 bridgehead atoms. The highest BCUT2D eigenvalue weighted by Crippen LogP contribution is 2.47. The van der Waals surface area contributed by atoms with Gasteiger partial charge in [0.1, 0.15) is 5.60 Å². The van der Waals surface area contributed by atoms with Gasteiger partial charge in [-0.2, -0.15) is 0 Å². The van der Waals surface area contributed by atoms with Gasteiger partial charge in [-0.05, 0) is 30.2 Å². The van der Waals surface area contributed by atoms with Crippen LogP contribution in [0.2, 0.25) is 0 Å². The zero-order chi connectivity index (χ0) is 14.4. The van der Waals surface area contributed by atoms with Gasteiger partial charge in [-0.25, -0.2) is 0 Å². The fraction of sp³-hybridized carbons (Fsp3) is 0.158. The maximum absolute atomic E-state index is 11.3. The Morgan fingerprint density at radius 1 is 0.905 bits per heavy atom. The van der Waals surface area contributed by atoms with Gasteiger partial charge >= 0.3 is 0 Å². The molecule has 0 saturated heterocycles. The average Bonchev–Trinajstić information content (AvgIpc) is 2.97. The first-order valence-electron chi connectivity index (χ1n) is 7.23. The van der Waals surface area contributed by atoms with E-state index in [4.69, 9.17) is 0 Å². The highest BCUT2D eigenvalue weighted by atomic mass is 16.3. The Morgan fingerprint density at radius 2 is 1.62 bits per heavy atom. The number of rotatable bonds is 1. The van der Waals surface area contributed by atoms with Gasteiger partial charge in [-0.3, -0.25) is 0 Å². The topological polar surface area (TPSA) is 25.2 Å². The van der Waals surface area contributed by atoms with Gasteiger partial charge in [0.15, 0.2) is 0 Å². The van der Waals surface area contributed by atoms with Crippen molar-refractivity contribution in [2.45, 2.75) is 18.6 Å². The van der Waals surface area contributed by atoms with Crippen molar-refractivity contribution in [3.8, 4) is 11.3 Å². The van der Waals surface area contributed by atoms with Crippen LogP contribution >= 0.6 is 0 Å². The maximum atomic E-state index is 11.3. The lowest BCUT2D eigenvalue weighted by Crippen LogP contribution is -2.38. The first kappa shape index (κ1) is 12.4. The second-order valence-electron chi connectivity index (χ2n) is 5.81. The van der Waals surface area contributed by atoms with Gasteiger partial charge in [0.25, 0.3) is 0 Å². The molecular formula is C19H17NO. The molecule has 1 N–H and O–H groups in total.